The molecule has 0 saturated carbocycles. The average molecular weight is 200 g/mol. The first kappa shape index (κ1) is 10.2. The highest BCUT2D eigenvalue weighted by Gasteiger charge is 2.15. The van der Waals surface area contributed by atoms with Crippen LogP contribution >= 0.6 is 0 Å². The Balaban J connectivity index is 2.72. The van der Waals surface area contributed by atoms with Crippen molar-refractivity contribution in [2.45, 2.75) is 11.8 Å². The molecule has 4 nitrogen and oxygen atoms in total. The summed E-state index contributed by atoms with van der Waals surface area (Å²) in [5, 5.41) is 3.86. The lowest BCUT2D eigenvalue weighted by Gasteiger charge is -2.08. The third kappa shape index (κ3) is 3.14. The van der Waals surface area contributed by atoms with Crippen LogP contribution in [0.4, 0.5) is 0 Å². The molecule has 0 fully saturated rings. The van der Waals surface area contributed by atoms with E-state index in [9.17, 15) is 8.42 Å². The molecule has 0 aliphatic heterocycles. The molecule has 1 atom stereocenters. The van der Waals surface area contributed by atoms with Crippen LogP contribution in [0, 0.1) is 0 Å². The molecule has 0 radical (unpaired) electrons. The van der Waals surface area contributed by atoms with Gasteiger partial charge in [0.1, 0.15) is 5.37 Å². The van der Waals surface area contributed by atoms with Gasteiger partial charge in [0.05, 0.1) is 0 Å². The van der Waals surface area contributed by atoms with E-state index in [2.05, 4.69) is 0 Å². The second kappa shape index (κ2) is 3.87. The van der Waals surface area contributed by atoms with E-state index in [1.54, 1.807) is 0 Å². The number of sulfonamides is 1. The standard InChI is InChI=1S/C8H12N2O2S/c9-8(13(10,11)12)6-7-4-2-1-3-5-7/h1-5,8H,6,9H2,(H2,10,11,12). The molecule has 0 aromatic heterocycles. The van der Waals surface area contributed by atoms with Crippen molar-refractivity contribution in [1.29, 1.82) is 0 Å². The molecule has 0 bridgehead atoms. The number of hydrogen-bond donors (Lipinski definition) is 2. The van der Waals surface area contributed by atoms with E-state index in [0.29, 0.717) is 0 Å². The topological polar surface area (TPSA) is 86.2 Å². The molecule has 0 heterocycles. The summed E-state index contributed by atoms with van der Waals surface area (Å²) >= 11 is 0. The molecule has 5 heteroatoms. The van der Waals surface area contributed by atoms with Gasteiger partial charge in [0.2, 0.25) is 10.0 Å². The lowest BCUT2D eigenvalue weighted by Crippen LogP contribution is -2.37. The van der Waals surface area contributed by atoms with Gasteiger partial charge in [-0.15, -0.1) is 0 Å². The normalized spacial score (nSPS) is 14.0. The van der Waals surface area contributed by atoms with Crippen molar-refractivity contribution >= 4 is 10.0 Å². The first-order chi connectivity index (χ1) is 6.00. The molecule has 72 valence electrons. The second-order valence-corrected chi connectivity index (χ2v) is 4.60. The zero-order valence-corrected chi connectivity index (χ0v) is 7.87. The van der Waals surface area contributed by atoms with Crippen molar-refractivity contribution in [2.24, 2.45) is 10.9 Å². The Morgan fingerprint density at radius 2 is 1.77 bits per heavy atom. The van der Waals surface area contributed by atoms with Crippen molar-refractivity contribution in [1.82, 2.24) is 0 Å². The average Bonchev–Trinajstić information content (AvgIpc) is 2.04. The summed E-state index contributed by atoms with van der Waals surface area (Å²) in [6, 6.07) is 9.12. The smallest absolute Gasteiger partial charge is 0.225 e. The van der Waals surface area contributed by atoms with E-state index in [1.807, 2.05) is 30.3 Å². The maximum absolute atomic E-state index is 10.8. The molecule has 0 spiro atoms. The monoisotopic (exact) mass is 200 g/mol. The molecule has 13 heavy (non-hydrogen) atoms. The number of rotatable bonds is 3. The van der Waals surface area contributed by atoms with E-state index >= 15 is 0 Å². The maximum Gasteiger partial charge on any atom is 0.225 e. The Bertz CT molecular complexity index is 361. The zero-order chi connectivity index (χ0) is 9.90. The number of hydrogen-bond acceptors (Lipinski definition) is 3. The van der Waals surface area contributed by atoms with Gasteiger partial charge in [-0.05, 0) is 5.56 Å². The molecule has 1 aromatic rings. The van der Waals surface area contributed by atoms with Gasteiger partial charge >= 0.3 is 0 Å². The number of primary sulfonamides is 1. The van der Waals surface area contributed by atoms with Gasteiger partial charge in [-0.1, -0.05) is 30.3 Å². The van der Waals surface area contributed by atoms with Crippen molar-refractivity contribution in [2.75, 3.05) is 0 Å². The predicted molar refractivity (Wildman–Crippen MR) is 51.2 cm³/mol. The summed E-state index contributed by atoms with van der Waals surface area (Å²) in [5.41, 5.74) is 6.23. The highest BCUT2D eigenvalue weighted by Crippen LogP contribution is 2.03. The summed E-state index contributed by atoms with van der Waals surface area (Å²) in [4.78, 5) is 0. The van der Waals surface area contributed by atoms with Gasteiger partial charge in [-0.3, -0.25) is 0 Å². The van der Waals surface area contributed by atoms with E-state index in [1.165, 1.54) is 0 Å². The summed E-state index contributed by atoms with van der Waals surface area (Å²) in [5.74, 6) is 0. The summed E-state index contributed by atoms with van der Waals surface area (Å²) < 4.78 is 21.6. The first-order valence-corrected chi connectivity index (χ1v) is 5.42. The Morgan fingerprint density at radius 3 is 2.23 bits per heavy atom. The van der Waals surface area contributed by atoms with Crippen LogP contribution in [0.3, 0.4) is 0 Å². The van der Waals surface area contributed by atoms with Crippen LogP contribution in [0.1, 0.15) is 5.56 Å². The molecular weight excluding hydrogens is 188 g/mol. The highest BCUT2D eigenvalue weighted by molar-refractivity contribution is 7.89. The summed E-state index contributed by atoms with van der Waals surface area (Å²) in [6.45, 7) is 0. The lowest BCUT2D eigenvalue weighted by molar-refractivity contribution is 0.581. The van der Waals surface area contributed by atoms with Gasteiger partial charge in [-0.2, -0.15) is 0 Å². The fourth-order valence-electron chi connectivity index (χ4n) is 0.963. The first-order valence-electron chi connectivity index (χ1n) is 3.81. The molecule has 1 unspecified atom stereocenters. The third-order valence-corrected chi connectivity index (χ3v) is 2.71. The zero-order valence-electron chi connectivity index (χ0n) is 7.05. The Hall–Kier alpha value is -0.910. The van der Waals surface area contributed by atoms with E-state index in [0.717, 1.165) is 5.56 Å². The molecule has 0 saturated heterocycles. The number of benzene rings is 1. The fraction of sp³-hybridized carbons (Fsp3) is 0.250. The van der Waals surface area contributed by atoms with Crippen molar-refractivity contribution in [3.05, 3.63) is 35.9 Å². The number of nitrogens with two attached hydrogens (primary N) is 2. The second-order valence-electron chi connectivity index (χ2n) is 2.82. The van der Waals surface area contributed by atoms with Gasteiger partial charge in [0.15, 0.2) is 0 Å². The minimum atomic E-state index is -3.62. The maximum atomic E-state index is 10.8. The van der Waals surface area contributed by atoms with Gasteiger partial charge in [-0.25, -0.2) is 13.6 Å². The largest absolute Gasteiger partial charge is 0.314 e. The van der Waals surface area contributed by atoms with Crippen molar-refractivity contribution in [3.8, 4) is 0 Å². The molecular formula is C8H12N2O2S. The van der Waals surface area contributed by atoms with Crippen LogP contribution in [0.2, 0.25) is 0 Å². The van der Waals surface area contributed by atoms with Crippen LogP contribution in [0.25, 0.3) is 0 Å². The molecule has 1 aromatic carbocycles. The highest BCUT2D eigenvalue weighted by atomic mass is 32.2. The predicted octanol–water partition coefficient (Wildman–Crippen LogP) is -0.198. The summed E-state index contributed by atoms with van der Waals surface area (Å²) in [7, 11) is -3.62. The Morgan fingerprint density at radius 1 is 1.23 bits per heavy atom. The molecule has 0 aliphatic carbocycles. The van der Waals surface area contributed by atoms with Crippen LogP contribution in [-0.4, -0.2) is 13.8 Å². The van der Waals surface area contributed by atoms with Crippen LogP contribution < -0.4 is 10.9 Å². The van der Waals surface area contributed by atoms with Crippen molar-refractivity contribution in [3.63, 3.8) is 0 Å². The van der Waals surface area contributed by atoms with Gasteiger partial charge in [0, 0.05) is 6.42 Å². The molecule has 0 aliphatic rings. The van der Waals surface area contributed by atoms with E-state index in [-0.39, 0.29) is 6.42 Å². The molecule has 0 amide bonds. The van der Waals surface area contributed by atoms with Crippen LogP contribution in [0.15, 0.2) is 30.3 Å². The minimum absolute atomic E-state index is 0.250. The van der Waals surface area contributed by atoms with Gasteiger partial charge in [0.25, 0.3) is 0 Å². The summed E-state index contributed by atoms with van der Waals surface area (Å²) in [6.07, 6.45) is 0.250. The lowest BCUT2D eigenvalue weighted by atomic mass is 10.2. The van der Waals surface area contributed by atoms with E-state index < -0.39 is 15.4 Å². The quantitative estimate of drug-likeness (QED) is 0.708. The molecule has 1 rings (SSSR count). The van der Waals surface area contributed by atoms with Crippen LogP contribution in [-0.2, 0) is 16.4 Å². The minimum Gasteiger partial charge on any atom is -0.314 e. The SMILES string of the molecule is NC(Cc1ccccc1)S(N)(=O)=O. The van der Waals surface area contributed by atoms with Crippen LogP contribution in [0.5, 0.6) is 0 Å². The van der Waals surface area contributed by atoms with E-state index in [4.69, 9.17) is 10.9 Å². The fourth-order valence-corrected chi connectivity index (χ4v) is 1.39. The Labute approximate surface area is 77.6 Å². The molecule has 4 N–H and O–H groups in total. The third-order valence-electron chi connectivity index (χ3n) is 1.70. The Kier molecular flexibility index (Phi) is 3.02. The van der Waals surface area contributed by atoms with Crippen molar-refractivity contribution < 1.29 is 8.42 Å². The van der Waals surface area contributed by atoms with Gasteiger partial charge < -0.3 is 5.73 Å².